The molecule has 0 nitrogen and oxygen atoms in total. The van der Waals surface area contributed by atoms with E-state index in [0.717, 1.165) is 0 Å². The first-order valence-electron chi connectivity index (χ1n) is 12.4. The zero-order valence-corrected chi connectivity index (χ0v) is 27.6. The summed E-state index contributed by atoms with van der Waals surface area (Å²) in [7, 11) is -0.0473. The molecule has 0 fully saturated rings. The second kappa shape index (κ2) is 15.3. The Morgan fingerprint density at radius 2 is 0.821 bits per heavy atom. The molecule has 39 heavy (non-hydrogen) atoms. The molecular weight excluding hydrogens is 589 g/mol. The third-order valence-electron chi connectivity index (χ3n) is 6.67. The molecule has 0 spiro atoms. The standard InChI is InChI=1S/2C17H16P.2ClH.Ti/c2*1-18(2)15-11-14-9-6-10-16(17(14)12-15)13-7-4-3-5-8-13;;;/h2*3-12H,1-2H3;2*1H;/q2*-1;;;+4/p-2. The quantitative estimate of drug-likeness (QED) is 0.161. The molecule has 0 radical (unpaired) electrons. The monoisotopic (exact) mass is 620 g/mol. The average molecular weight is 621 g/mol. The Kier molecular flexibility index (Phi) is 13.1. The summed E-state index contributed by atoms with van der Waals surface area (Å²) >= 11 is 0. The minimum Gasteiger partial charge on any atom is -1.00 e. The molecule has 0 bridgehead atoms. The normalized spacial score (nSPS) is 10.4. The van der Waals surface area contributed by atoms with E-state index in [1.165, 1.54) is 54.4 Å². The van der Waals surface area contributed by atoms with Crippen molar-refractivity contribution in [2.24, 2.45) is 0 Å². The molecule has 0 aliphatic rings. The topological polar surface area (TPSA) is 0 Å². The maximum Gasteiger partial charge on any atom is 4.00 e. The van der Waals surface area contributed by atoms with Gasteiger partial charge in [0, 0.05) is 0 Å². The van der Waals surface area contributed by atoms with Gasteiger partial charge in [-0.05, 0) is 37.8 Å². The summed E-state index contributed by atoms with van der Waals surface area (Å²) in [6.07, 6.45) is 0. The van der Waals surface area contributed by atoms with Gasteiger partial charge in [-0.3, -0.25) is 0 Å². The molecule has 0 heterocycles. The van der Waals surface area contributed by atoms with Crippen LogP contribution in [0.2, 0.25) is 0 Å². The van der Waals surface area contributed by atoms with Crippen LogP contribution < -0.4 is 35.4 Å². The van der Waals surface area contributed by atoms with Crippen molar-refractivity contribution in [3.8, 4) is 22.3 Å². The van der Waals surface area contributed by atoms with Crippen molar-refractivity contribution in [1.82, 2.24) is 0 Å². The number of hydrogen-bond donors (Lipinski definition) is 0. The van der Waals surface area contributed by atoms with Crippen molar-refractivity contribution in [1.29, 1.82) is 0 Å². The van der Waals surface area contributed by atoms with Crippen LogP contribution in [0.4, 0.5) is 0 Å². The van der Waals surface area contributed by atoms with Gasteiger partial charge in [0.2, 0.25) is 0 Å². The van der Waals surface area contributed by atoms with Crippen molar-refractivity contribution < 1.29 is 46.5 Å². The van der Waals surface area contributed by atoms with Crippen LogP contribution in [0, 0.1) is 0 Å². The summed E-state index contributed by atoms with van der Waals surface area (Å²) in [4.78, 5) is 0. The molecule has 0 aromatic heterocycles. The molecule has 196 valence electrons. The largest absolute Gasteiger partial charge is 4.00 e. The number of fused-ring (bicyclic) bond motifs is 2. The predicted molar refractivity (Wildman–Crippen MR) is 167 cm³/mol. The molecule has 6 rings (SSSR count). The molecule has 0 unspecified atom stereocenters. The summed E-state index contributed by atoms with van der Waals surface area (Å²) in [5, 5.41) is 8.47. The first-order chi connectivity index (χ1) is 17.5. The Bertz CT molecular complexity index is 1460. The van der Waals surface area contributed by atoms with E-state index in [1.807, 2.05) is 0 Å². The summed E-state index contributed by atoms with van der Waals surface area (Å²) in [6.45, 7) is 9.24. The van der Waals surface area contributed by atoms with E-state index in [4.69, 9.17) is 0 Å². The third-order valence-corrected chi connectivity index (χ3v) is 9.26. The smallest absolute Gasteiger partial charge is 1.00 e. The Balaban J connectivity index is 0.000000254. The van der Waals surface area contributed by atoms with Crippen LogP contribution in [0.25, 0.3) is 43.8 Å². The zero-order valence-electron chi connectivity index (χ0n) is 22.7. The van der Waals surface area contributed by atoms with Crippen LogP contribution in [0.1, 0.15) is 0 Å². The van der Waals surface area contributed by atoms with E-state index in [2.05, 4.69) is 148 Å². The average Bonchev–Trinajstić information content (AvgIpc) is 3.55. The summed E-state index contributed by atoms with van der Waals surface area (Å²) in [5.74, 6) is 0. The maximum absolute atomic E-state index is 2.36. The van der Waals surface area contributed by atoms with Crippen LogP contribution in [-0.2, 0) is 21.7 Å². The van der Waals surface area contributed by atoms with Crippen molar-refractivity contribution in [2.75, 3.05) is 26.7 Å². The Hall–Kier alpha value is -1.75. The van der Waals surface area contributed by atoms with E-state index in [9.17, 15) is 0 Å². The molecule has 0 N–H and O–H groups in total. The fraction of sp³-hybridized carbons (Fsp3) is 0.118. The molecule has 0 aliphatic carbocycles. The van der Waals surface area contributed by atoms with E-state index in [1.54, 1.807) is 0 Å². The number of rotatable bonds is 4. The molecule has 0 atom stereocenters. The molecule has 0 amide bonds. The summed E-state index contributed by atoms with van der Waals surface area (Å²) < 4.78 is 0. The fourth-order valence-corrected chi connectivity index (χ4v) is 6.26. The number of halogens is 2. The maximum atomic E-state index is 2.36. The van der Waals surface area contributed by atoms with Gasteiger partial charge in [0.15, 0.2) is 0 Å². The zero-order chi connectivity index (χ0) is 25.1. The van der Waals surface area contributed by atoms with Gasteiger partial charge in [0.05, 0.1) is 0 Å². The predicted octanol–water partition coefficient (Wildman–Crippen LogP) is 3.19. The van der Waals surface area contributed by atoms with Gasteiger partial charge in [-0.15, -0.1) is 84.4 Å². The molecule has 6 aromatic rings. The van der Waals surface area contributed by atoms with Crippen LogP contribution in [0.15, 0.2) is 121 Å². The van der Waals surface area contributed by atoms with Crippen molar-refractivity contribution in [3.63, 3.8) is 0 Å². The minimum atomic E-state index is -0.0237. The Labute approximate surface area is 263 Å². The van der Waals surface area contributed by atoms with Gasteiger partial charge >= 0.3 is 21.7 Å². The summed E-state index contributed by atoms with van der Waals surface area (Å²) in [6, 6.07) is 43.9. The van der Waals surface area contributed by atoms with E-state index in [0.29, 0.717) is 0 Å². The van der Waals surface area contributed by atoms with Crippen LogP contribution in [0.3, 0.4) is 0 Å². The van der Waals surface area contributed by atoms with Gasteiger partial charge in [-0.1, -0.05) is 83.9 Å². The van der Waals surface area contributed by atoms with Crippen LogP contribution >= 0.6 is 15.8 Å². The molecule has 0 aliphatic heterocycles. The fourth-order valence-electron chi connectivity index (χ4n) is 4.69. The van der Waals surface area contributed by atoms with E-state index in [-0.39, 0.29) is 62.4 Å². The SMILES string of the molecule is CP(C)c1cc2c(-c3ccccc3)cccc2[cH-]1.CP(C)c1cc2c(-c3ccccc3)cccc2[cH-]1.[Cl-].[Cl-].[Ti+4]. The van der Waals surface area contributed by atoms with Gasteiger partial charge < -0.3 is 24.8 Å². The van der Waals surface area contributed by atoms with Crippen molar-refractivity contribution in [3.05, 3.63) is 121 Å². The first kappa shape index (κ1) is 33.5. The van der Waals surface area contributed by atoms with Crippen molar-refractivity contribution >= 4 is 48.0 Å². The van der Waals surface area contributed by atoms with E-state index < -0.39 is 0 Å². The van der Waals surface area contributed by atoms with Gasteiger partial charge in [0.1, 0.15) is 0 Å². The minimum absolute atomic E-state index is 0. The van der Waals surface area contributed by atoms with Gasteiger partial charge in [-0.25, -0.2) is 0 Å². The van der Waals surface area contributed by atoms with Crippen LogP contribution in [0.5, 0.6) is 0 Å². The van der Waals surface area contributed by atoms with Gasteiger partial charge in [-0.2, -0.15) is 12.1 Å². The van der Waals surface area contributed by atoms with Crippen LogP contribution in [-0.4, -0.2) is 26.7 Å². The number of benzene rings is 4. The van der Waals surface area contributed by atoms with Crippen molar-refractivity contribution in [2.45, 2.75) is 0 Å². The molecule has 6 aromatic carbocycles. The summed E-state index contributed by atoms with van der Waals surface area (Å²) in [5.41, 5.74) is 5.29. The molecule has 0 saturated heterocycles. The first-order valence-corrected chi connectivity index (χ1v) is 16.8. The van der Waals surface area contributed by atoms with Gasteiger partial charge in [0.25, 0.3) is 0 Å². The number of hydrogen-bond acceptors (Lipinski definition) is 0. The second-order valence-corrected chi connectivity index (χ2v) is 14.2. The Morgan fingerprint density at radius 3 is 1.15 bits per heavy atom. The molecule has 0 saturated carbocycles. The third kappa shape index (κ3) is 7.72. The second-order valence-electron chi connectivity index (χ2n) is 9.56. The molecular formula is C34H32Cl2P2Ti. The van der Waals surface area contributed by atoms with E-state index >= 15 is 0 Å². The Morgan fingerprint density at radius 1 is 0.462 bits per heavy atom. The molecule has 5 heteroatoms.